The Morgan fingerprint density at radius 1 is 0.900 bits per heavy atom. The summed E-state index contributed by atoms with van der Waals surface area (Å²) in [6.45, 7) is 8.92. The van der Waals surface area contributed by atoms with Crippen LogP contribution in [-0.2, 0) is 6.54 Å². The highest BCUT2D eigenvalue weighted by atomic mass is 15.1. The number of benzene rings is 2. The van der Waals surface area contributed by atoms with Crippen molar-refractivity contribution < 1.29 is 0 Å². The van der Waals surface area contributed by atoms with Crippen molar-refractivity contribution in [1.82, 2.24) is 0 Å². The molecule has 0 heterocycles. The van der Waals surface area contributed by atoms with E-state index in [0.29, 0.717) is 6.54 Å². The second-order valence-electron chi connectivity index (χ2n) is 5.41. The molecule has 2 rings (SSSR count). The maximum absolute atomic E-state index is 5.78. The quantitative estimate of drug-likeness (QED) is 0.898. The topological polar surface area (TPSA) is 29.3 Å². The van der Waals surface area contributed by atoms with Gasteiger partial charge in [0, 0.05) is 25.3 Å². The van der Waals surface area contributed by atoms with Gasteiger partial charge in [0.05, 0.1) is 0 Å². The van der Waals surface area contributed by atoms with E-state index in [2.05, 4.69) is 68.1 Å². The molecule has 2 heteroatoms. The van der Waals surface area contributed by atoms with Crippen molar-refractivity contribution >= 4 is 5.69 Å². The summed E-state index contributed by atoms with van der Waals surface area (Å²) in [5.74, 6) is 0. The van der Waals surface area contributed by atoms with Gasteiger partial charge < -0.3 is 10.6 Å². The van der Waals surface area contributed by atoms with Gasteiger partial charge in [-0.05, 0) is 55.2 Å². The van der Waals surface area contributed by atoms with Crippen molar-refractivity contribution in [2.45, 2.75) is 27.3 Å². The van der Waals surface area contributed by atoms with Crippen molar-refractivity contribution in [2.75, 3.05) is 18.0 Å². The fraction of sp³-hybridized carbons (Fsp3) is 0.333. The van der Waals surface area contributed by atoms with E-state index in [0.717, 1.165) is 13.1 Å². The molecule has 2 N–H and O–H groups in total. The van der Waals surface area contributed by atoms with E-state index in [-0.39, 0.29) is 0 Å². The number of nitrogens with zero attached hydrogens (tertiary/aromatic N) is 1. The third kappa shape index (κ3) is 3.40. The lowest BCUT2D eigenvalue weighted by Gasteiger charge is -2.26. The molecule has 0 unspecified atom stereocenters. The molecule has 20 heavy (non-hydrogen) atoms. The van der Waals surface area contributed by atoms with E-state index in [4.69, 9.17) is 5.73 Å². The molecule has 0 fully saturated rings. The highest BCUT2D eigenvalue weighted by molar-refractivity contribution is 5.51. The second-order valence-corrected chi connectivity index (χ2v) is 5.41. The minimum Gasteiger partial charge on any atom is -0.366 e. The summed E-state index contributed by atoms with van der Waals surface area (Å²) in [7, 11) is 0. The van der Waals surface area contributed by atoms with Gasteiger partial charge in [-0.25, -0.2) is 0 Å². The Labute approximate surface area is 122 Å². The molecule has 106 valence electrons. The van der Waals surface area contributed by atoms with Gasteiger partial charge in [-0.1, -0.05) is 30.3 Å². The first-order valence-corrected chi connectivity index (χ1v) is 7.18. The summed E-state index contributed by atoms with van der Waals surface area (Å²) in [5.41, 5.74) is 12.4. The normalized spacial score (nSPS) is 10.6. The molecule has 0 aliphatic carbocycles. The third-order valence-electron chi connectivity index (χ3n) is 3.88. The fourth-order valence-electron chi connectivity index (χ4n) is 2.37. The van der Waals surface area contributed by atoms with Crippen LogP contribution in [0.2, 0.25) is 0 Å². The largest absolute Gasteiger partial charge is 0.366 e. The van der Waals surface area contributed by atoms with Crippen molar-refractivity contribution in [3.63, 3.8) is 0 Å². The Morgan fingerprint density at radius 2 is 1.65 bits per heavy atom. The van der Waals surface area contributed by atoms with Crippen LogP contribution in [0, 0.1) is 20.8 Å². The summed E-state index contributed by atoms with van der Waals surface area (Å²) in [6, 6.07) is 15.2. The fourth-order valence-corrected chi connectivity index (χ4v) is 2.37. The van der Waals surface area contributed by atoms with Crippen molar-refractivity contribution in [3.8, 4) is 0 Å². The van der Waals surface area contributed by atoms with Crippen LogP contribution < -0.4 is 10.6 Å². The molecule has 0 spiro atoms. The first-order valence-electron chi connectivity index (χ1n) is 7.18. The predicted octanol–water partition coefficient (Wildman–Crippen LogP) is 3.58. The van der Waals surface area contributed by atoms with E-state index in [1.807, 2.05) is 0 Å². The van der Waals surface area contributed by atoms with Crippen molar-refractivity contribution in [3.05, 3.63) is 64.7 Å². The maximum atomic E-state index is 5.78. The molecular weight excluding hydrogens is 244 g/mol. The van der Waals surface area contributed by atoms with Crippen molar-refractivity contribution in [2.24, 2.45) is 5.73 Å². The number of hydrogen-bond acceptors (Lipinski definition) is 2. The van der Waals surface area contributed by atoms with Gasteiger partial charge in [0.25, 0.3) is 0 Å². The van der Waals surface area contributed by atoms with E-state index in [1.165, 1.54) is 27.9 Å². The minimum absolute atomic E-state index is 0.665. The van der Waals surface area contributed by atoms with Gasteiger partial charge >= 0.3 is 0 Å². The first-order chi connectivity index (χ1) is 9.61. The molecule has 0 aliphatic heterocycles. The Kier molecular flexibility index (Phi) is 4.80. The summed E-state index contributed by atoms with van der Waals surface area (Å²) < 4.78 is 0. The standard InChI is InChI=1S/C18H24N2/c1-14-8-9-18(12-16(14)3)20(11-10-19)13-17-7-5-4-6-15(17)2/h4-9,12H,10-11,13,19H2,1-3H3. The Balaban J connectivity index is 2.27. The van der Waals surface area contributed by atoms with Crippen LogP contribution in [0.3, 0.4) is 0 Å². The smallest absolute Gasteiger partial charge is 0.0432 e. The Morgan fingerprint density at radius 3 is 2.30 bits per heavy atom. The van der Waals surface area contributed by atoms with Crippen LogP contribution in [0.4, 0.5) is 5.69 Å². The summed E-state index contributed by atoms with van der Waals surface area (Å²) in [5, 5.41) is 0. The monoisotopic (exact) mass is 268 g/mol. The highest BCUT2D eigenvalue weighted by Gasteiger charge is 2.09. The maximum Gasteiger partial charge on any atom is 0.0432 e. The highest BCUT2D eigenvalue weighted by Crippen LogP contribution is 2.21. The van der Waals surface area contributed by atoms with Gasteiger partial charge in [-0.15, -0.1) is 0 Å². The first kappa shape index (κ1) is 14.6. The average Bonchev–Trinajstić information content (AvgIpc) is 2.44. The van der Waals surface area contributed by atoms with Crippen LogP contribution >= 0.6 is 0 Å². The van der Waals surface area contributed by atoms with Gasteiger partial charge in [0.2, 0.25) is 0 Å². The number of hydrogen-bond donors (Lipinski definition) is 1. The number of rotatable bonds is 5. The molecule has 2 aromatic carbocycles. The summed E-state index contributed by atoms with van der Waals surface area (Å²) in [4.78, 5) is 2.36. The molecule has 0 amide bonds. The lowest BCUT2D eigenvalue weighted by atomic mass is 10.1. The summed E-state index contributed by atoms with van der Waals surface area (Å²) in [6.07, 6.45) is 0. The van der Waals surface area contributed by atoms with Crippen LogP contribution in [-0.4, -0.2) is 13.1 Å². The van der Waals surface area contributed by atoms with Crippen LogP contribution in [0.5, 0.6) is 0 Å². The minimum atomic E-state index is 0.665. The molecule has 0 aliphatic rings. The molecule has 2 nitrogen and oxygen atoms in total. The average molecular weight is 268 g/mol. The lowest BCUT2D eigenvalue weighted by molar-refractivity contribution is 0.786. The van der Waals surface area contributed by atoms with Crippen LogP contribution in [0.1, 0.15) is 22.3 Å². The van der Waals surface area contributed by atoms with E-state index >= 15 is 0 Å². The van der Waals surface area contributed by atoms with E-state index in [9.17, 15) is 0 Å². The van der Waals surface area contributed by atoms with Crippen molar-refractivity contribution in [1.29, 1.82) is 0 Å². The number of nitrogens with two attached hydrogens (primary N) is 1. The molecular formula is C18H24N2. The number of aryl methyl sites for hydroxylation is 3. The SMILES string of the molecule is Cc1ccc(N(CCN)Cc2ccccc2C)cc1C. The lowest BCUT2D eigenvalue weighted by Crippen LogP contribution is -2.29. The molecule has 0 aromatic heterocycles. The number of anilines is 1. The molecule has 0 bridgehead atoms. The van der Waals surface area contributed by atoms with Gasteiger partial charge in [0.1, 0.15) is 0 Å². The predicted molar refractivity (Wildman–Crippen MR) is 87.2 cm³/mol. The third-order valence-corrected chi connectivity index (χ3v) is 3.88. The molecule has 2 aromatic rings. The zero-order chi connectivity index (χ0) is 14.5. The molecule has 0 saturated heterocycles. The van der Waals surface area contributed by atoms with Gasteiger partial charge in [-0.3, -0.25) is 0 Å². The zero-order valence-corrected chi connectivity index (χ0v) is 12.7. The van der Waals surface area contributed by atoms with E-state index < -0.39 is 0 Å². The summed E-state index contributed by atoms with van der Waals surface area (Å²) >= 11 is 0. The Bertz CT molecular complexity index is 575. The van der Waals surface area contributed by atoms with Crippen LogP contribution in [0.15, 0.2) is 42.5 Å². The van der Waals surface area contributed by atoms with Gasteiger partial charge in [0.15, 0.2) is 0 Å². The van der Waals surface area contributed by atoms with Crippen LogP contribution in [0.25, 0.3) is 0 Å². The second kappa shape index (κ2) is 6.58. The van der Waals surface area contributed by atoms with E-state index in [1.54, 1.807) is 0 Å². The Hall–Kier alpha value is -1.80. The molecule has 0 atom stereocenters. The van der Waals surface area contributed by atoms with Gasteiger partial charge in [-0.2, -0.15) is 0 Å². The zero-order valence-electron chi connectivity index (χ0n) is 12.7. The molecule has 0 radical (unpaired) electrons. The molecule has 0 saturated carbocycles.